The highest BCUT2D eigenvalue weighted by atomic mass is 16.5. The number of benzene rings is 2. The van der Waals surface area contributed by atoms with Gasteiger partial charge in [0.05, 0.1) is 6.21 Å². The molecule has 0 spiro atoms. The van der Waals surface area contributed by atoms with Crippen LogP contribution in [0.4, 0.5) is 0 Å². The fourth-order valence-electron chi connectivity index (χ4n) is 3.96. The molecular weight excluding hydrogens is 420 g/mol. The Labute approximate surface area is 207 Å². The molecule has 2 rings (SSSR count). The zero-order valence-corrected chi connectivity index (χ0v) is 21.1. The Balaban J connectivity index is 1.47. The monoisotopic (exact) mass is 464 g/mol. The van der Waals surface area contributed by atoms with Gasteiger partial charge in [0.2, 0.25) is 5.91 Å². The summed E-state index contributed by atoms with van der Waals surface area (Å²) in [6.45, 7) is 2.79. The maximum absolute atomic E-state index is 12.0. The molecule has 0 radical (unpaired) electrons. The normalized spacial score (nSPS) is 11.1. The lowest BCUT2D eigenvalue weighted by molar-refractivity contribution is -0.121. The van der Waals surface area contributed by atoms with Crippen LogP contribution in [0.25, 0.3) is 0 Å². The van der Waals surface area contributed by atoms with E-state index in [1.54, 1.807) is 6.21 Å². The molecule has 4 heteroatoms. The number of hydrogen-bond acceptors (Lipinski definition) is 3. The van der Waals surface area contributed by atoms with Gasteiger partial charge in [-0.25, -0.2) is 5.43 Å². The fraction of sp³-hybridized carbons (Fsp3) is 0.533. The van der Waals surface area contributed by atoms with Gasteiger partial charge in [-0.1, -0.05) is 126 Å². The third-order valence-electron chi connectivity index (χ3n) is 6.02. The third kappa shape index (κ3) is 13.8. The molecule has 0 bridgehead atoms. The molecule has 0 fully saturated rings. The summed E-state index contributed by atoms with van der Waals surface area (Å²) in [7, 11) is 0. The maximum atomic E-state index is 12.0. The molecule has 4 nitrogen and oxygen atoms in total. The highest BCUT2D eigenvalue weighted by molar-refractivity contribution is 5.82. The largest absolute Gasteiger partial charge is 0.489 e. The van der Waals surface area contributed by atoms with E-state index in [1.807, 2.05) is 54.6 Å². The van der Waals surface area contributed by atoms with E-state index in [-0.39, 0.29) is 5.91 Å². The standard InChI is InChI=1S/C30H44N2O2/c1-2-3-4-5-6-7-8-9-10-11-12-13-17-23-30(33)32-31-25-28-21-18-22-29(24-28)34-26-27-19-15-14-16-20-27/h14-16,18-22,24-25H,2-13,17,23,26H2,1H3,(H,32,33)/b31-25-. The Hall–Kier alpha value is -2.62. The molecule has 1 amide bonds. The molecule has 0 aromatic heterocycles. The first kappa shape index (κ1) is 27.6. The minimum Gasteiger partial charge on any atom is -0.489 e. The second kappa shape index (κ2) is 18.8. The van der Waals surface area contributed by atoms with E-state index in [0.717, 1.165) is 29.7 Å². The first-order valence-corrected chi connectivity index (χ1v) is 13.4. The number of hydrogen-bond donors (Lipinski definition) is 1. The van der Waals surface area contributed by atoms with Crippen molar-refractivity contribution < 1.29 is 9.53 Å². The number of rotatable bonds is 19. The van der Waals surface area contributed by atoms with Gasteiger partial charge in [0.15, 0.2) is 0 Å². The highest BCUT2D eigenvalue weighted by Crippen LogP contribution is 2.15. The van der Waals surface area contributed by atoms with Gasteiger partial charge in [0.25, 0.3) is 0 Å². The average Bonchev–Trinajstić information content (AvgIpc) is 2.86. The van der Waals surface area contributed by atoms with Crippen LogP contribution in [0.5, 0.6) is 5.75 Å². The van der Waals surface area contributed by atoms with E-state index in [9.17, 15) is 4.79 Å². The van der Waals surface area contributed by atoms with Crippen molar-refractivity contribution in [2.24, 2.45) is 5.10 Å². The summed E-state index contributed by atoms with van der Waals surface area (Å²) < 4.78 is 5.84. The first-order chi connectivity index (χ1) is 16.8. The van der Waals surface area contributed by atoms with Crippen LogP contribution in [0.15, 0.2) is 59.7 Å². The van der Waals surface area contributed by atoms with Gasteiger partial charge in [0.1, 0.15) is 12.4 Å². The van der Waals surface area contributed by atoms with Crippen molar-refractivity contribution >= 4 is 12.1 Å². The van der Waals surface area contributed by atoms with Crippen molar-refractivity contribution in [1.29, 1.82) is 0 Å². The van der Waals surface area contributed by atoms with E-state index < -0.39 is 0 Å². The van der Waals surface area contributed by atoms with Crippen LogP contribution in [0.2, 0.25) is 0 Å². The van der Waals surface area contributed by atoms with E-state index in [0.29, 0.717) is 13.0 Å². The number of amides is 1. The molecule has 0 aliphatic heterocycles. The quantitative estimate of drug-likeness (QED) is 0.129. The van der Waals surface area contributed by atoms with E-state index in [2.05, 4.69) is 17.5 Å². The molecular formula is C30H44N2O2. The second-order valence-electron chi connectivity index (χ2n) is 9.13. The summed E-state index contributed by atoms with van der Waals surface area (Å²) >= 11 is 0. The zero-order chi connectivity index (χ0) is 24.1. The molecule has 0 heterocycles. The first-order valence-electron chi connectivity index (χ1n) is 13.4. The molecule has 0 aliphatic carbocycles. The average molecular weight is 465 g/mol. The topological polar surface area (TPSA) is 50.7 Å². The van der Waals surface area contributed by atoms with Crippen LogP contribution in [0.3, 0.4) is 0 Å². The number of ether oxygens (including phenoxy) is 1. The third-order valence-corrected chi connectivity index (χ3v) is 6.02. The number of carbonyl (C=O) groups is 1. The van der Waals surface area contributed by atoms with Gasteiger partial charge in [0, 0.05) is 6.42 Å². The minimum atomic E-state index is -0.0178. The lowest BCUT2D eigenvalue weighted by Crippen LogP contribution is -2.16. The molecule has 186 valence electrons. The fourth-order valence-corrected chi connectivity index (χ4v) is 3.96. The Morgan fingerprint density at radius 3 is 2.06 bits per heavy atom. The van der Waals surface area contributed by atoms with Gasteiger partial charge in [-0.2, -0.15) is 5.10 Å². The van der Waals surface area contributed by atoms with E-state index >= 15 is 0 Å². The Morgan fingerprint density at radius 1 is 0.794 bits per heavy atom. The van der Waals surface area contributed by atoms with Crippen molar-refractivity contribution in [3.8, 4) is 5.75 Å². The highest BCUT2D eigenvalue weighted by Gasteiger charge is 2.01. The van der Waals surface area contributed by atoms with Crippen molar-refractivity contribution in [3.63, 3.8) is 0 Å². The van der Waals surface area contributed by atoms with E-state index in [1.165, 1.54) is 70.6 Å². The van der Waals surface area contributed by atoms with Crippen LogP contribution in [0, 0.1) is 0 Å². The minimum absolute atomic E-state index is 0.0178. The Morgan fingerprint density at radius 2 is 1.41 bits per heavy atom. The molecule has 0 saturated carbocycles. The summed E-state index contributed by atoms with van der Waals surface area (Å²) in [5, 5.41) is 4.10. The number of nitrogens with one attached hydrogen (secondary N) is 1. The van der Waals surface area contributed by atoms with Crippen LogP contribution in [-0.2, 0) is 11.4 Å². The number of nitrogens with zero attached hydrogens (tertiary/aromatic N) is 1. The molecule has 0 atom stereocenters. The predicted molar refractivity (Wildman–Crippen MR) is 143 cm³/mol. The molecule has 2 aromatic rings. The zero-order valence-electron chi connectivity index (χ0n) is 21.1. The predicted octanol–water partition coefficient (Wildman–Crippen LogP) is 8.20. The van der Waals surface area contributed by atoms with Crippen LogP contribution in [0.1, 0.15) is 108 Å². The van der Waals surface area contributed by atoms with Gasteiger partial charge in [-0.05, 0) is 29.7 Å². The van der Waals surface area contributed by atoms with E-state index in [4.69, 9.17) is 4.74 Å². The van der Waals surface area contributed by atoms with Crippen molar-refractivity contribution in [3.05, 3.63) is 65.7 Å². The number of hydrazone groups is 1. The second-order valence-corrected chi connectivity index (χ2v) is 9.13. The summed E-state index contributed by atoms with van der Waals surface area (Å²) in [4.78, 5) is 12.0. The van der Waals surface area contributed by atoms with Gasteiger partial charge >= 0.3 is 0 Å². The molecule has 34 heavy (non-hydrogen) atoms. The molecule has 2 aromatic carbocycles. The molecule has 1 N–H and O–H groups in total. The Kier molecular flexibility index (Phi) is 15.2. The summed E-state index contributed by atoms with van der Waals surface area (Å²) in [5.74, 6) is 0.766. The summed E-state index contributed by atoms with van der Waals surface area (Å²) in [6.07, 6.45) is 19.2. The van der Waals surface area contributed by atoms with Crippen molar-refractivity contribution in [2.45, 2.75) is 103 Å². The van der Waals surface area contributed by atoms with Gasteiger partial charge in [-0.3, -0.25) is 4.79 Å². The summed E-state index contributed by atoms with van der Waals surface area (Å²) in [6, 6.07) is 17.8. The molecule has 0 aliphatic rings. The van der Waals surface area contributed by atoms with Gasteiger partial charge < -0.3 is 4.74 Å². The summed E-state index contributed by atoms with van der Waals surface area (Å²) in [5.41, 5.74) is 4.66. The van der Waals surface area contributed by atoms with Crippen molar-refractivity contribution in [1.82, 2.24) is 5.43 Å². The smallest absolute Gasteiger partial charge is 0.240 e. The number of carbonyl (C=O) groups excluding carboxylic acids is 1. The molecule has 0 unspecified atom stereocenters. The van der Waals surface area contributed by atoms with Crippen LogP contribution >= 0.6 is 0 Å². The number of unbranched alkanes of at least 4 members (excludes halogenated alkanes) is 12. The SMILES string of the molecule is CCCCCCCCCCCCCCCC(=O)N/N=C\c1cccc(OCc2ccccc2)c1. The molecule has 0 saturated heterocycles. The van der Waals surface area contributed by atoms with Crippen LogP contribution < -0.4 is 10.2 Å². The van der Waals surface area contributed by atoms with Gasteiger partial charge in [-0.15, -0.1) is 0 Å². The van der Waals surface area contributed by atoms with Crippen molar-refractivity contribution in [2.75, 3.05) is 0 Å². The Bertz CT molecular complexity index is 804. The maximum Gasteiger partial charge on any atom is 0.240 e. The lowest BCUT2D eigenvalue weighted by atomic mass is 10.0. The lowest BCUT2D eigenvalue weighted by Gasteiger charge is -2.06. The van der Waals surface area contributed by atoms with Crippen LogP contribution in [-0.4, -0.2) is 12.1 Å².